The highest BCUT2D eigenvalue weighted by Gasteiger charge is 2.02. The highest BCUT2D eigenvalue weighted by Crippen LogP contribution is 2.09. The first kappa shape index (κ1) is 10.7. The molecule has 3 heteroatoms. The Morgan fingerprint density at radius 3 is 3.14 bits per heavy atom. The molecule has 0 aliphatic heterocycles. The predicted octanol–water partition coefficient (Wildman–Crippen LogP) is 2.04. The molecule has 1 aromatic heterocycles. The molecule has 0 bridgehead atoms. The van der Waals surface area contributed by atoms with Crippen LogP contribution in [0.25, 0.3) is 0 Å². The second kappa shape index (κ2) is 6.11. The van der Waals surface area contributed by atoms with Crippen molar-refractivity contribution >= 4 is 0 Å². The average molecular weight is 189 g/mol. The molecule has 0 radical (unpaired) electrons. The van der Waals surface area contributed by atoms with Gasteiger partial charge in [0.2, 0.25) is 0 Å². The lowest BCUT2D eigenvalue weighted by Crippen LogP contribution is -2.19. The summed E-state index contributed by atoms with van der Waals surface area (Å²) in [5.41, 5.74) is 1.18. The van der Waals surface area contributed by atoms with Gasteiger partial charge in [-0.15, -0.1) is 0 Å². The van der Waals surface area contributed by atoms with Gasteiger partial charge in [-0.2, -0.15) is 5.26 Å². The molecule has 0 spiro atoms. The van der Waals surface area contributed by atoms with Crippen LogP contribution in [0.2, 0.25) is 0 Å². The Kier molecular flexibility index (Phi) is 4.66. The summed E-state index contributed by atoms with van der Waals surface area (Å²) in [6.45, 7) is 2.98. The molecule has 0 fully saturated rings. The molecule has 0 aliphatic rings. The van der Waals surface area contributed by atoms with Crippen LogP contribution < -0.4 is 5.32 Å². The van der Waals surface area contributed by atoms with Crippen LogP contribution in [0.1, 0.15) is 31.4 Å². The van der Waals surface area contributed by atoms with Crippen LogP contribution in [0.3, 0.4) is 0 Å². The molecule has 0 unspecified atom stereocenters. The van der Waals surface area contributed by atoms with E-state index in [1.54, 1.807) is 6.20 Å². The molecule has 3 nitrogen and oxygen atoms in total. The fraction of sp³-hybridized carbons (Fsp3) is 0.455. The van der Waals surface area contributed by atoms with E-state index in [9.17, 15) is 0 Å². The minimum absolute atomic E-state index is 0.308. The number of hydrogen-bond donors (Lipinski definition) is 1. The first-order valence-electron chi connectivity index (χ1n) is 4.85. The molecule has 0 saturated carbocycles. The monoisotopic (exact) mass is 189 g/mol. The normalized spacial score (nSPS) is 12.0. The van der Waals surface area contributed by atoms with Gasteiger partial charge in [-0.3, -0.25) is 4.98 Å². The molecular weight excluding hydrogens is 174 g/mol. The number of hydrogen-bond acceptors (Lipinski definition) is 3. The summed E-state index contributed by atoms with van der Waals surface area (Å²) in [6, 6.07) is 6.42. The van der Waals surface area contributed by atoms with Crippen molar-refractivity contribution in [2.24, 2.45) is 0 Å². The zero-order valence-corrected chi connectivity index (χ0v) is 8.40. The summed E-state index contributed by atoms with van der Waals surface area (Å²) in [4.78, 5) is 4.06. The predicted molar refractivity (Wildman–Crippen MR) is 55.5 cm³/mol. The number of pyridine rings is 1. The maximum absolute atomic E-state index is 8.36. The van der Waals surface area contributed by atoms with Crippen molar-refractivity contribution in [2.45, 2.75) is 25.8 Å². The van der Waals surface area contributed by atoms with E-state index in [0.29, 0.717) is 12.5 Å². The third-order valence-corrected chi connectivity index (χ3v) is 2.10. The lowest BCUT2D eigenvalue weighted by molar-refractivity contribution is 0.560. The van der Waals surface area contributed by atoms with Crippen LogP contribution in [-0.2, 0) is 0 Å². The van der Waals surface area contributed by atoms with Crippen LogP contribution in [0, 0.1) is 11.3 Å². The largest absolute Gasteiger partial charge is 0.310 e. The van der Waals surface area contributed by atoms with Crippen LogP contribution in [0.15, 0.2) is 24.5 Å². The van der Waals surface area contributed by atoms with Crippen LogP contribution >= 0.6 is 0 Å². The van der Waals surface area contributed by atoms with Gasteiger partial charge in [-0.25, -0.2) is 0 Å². The zero-order valence-electron chi connectivity index (χ0n) is 8.40. The maximum atomic E-state index is 8.36. The molecule has 1 atom stereocenters. The number of unbranched alkanes of at least 4 members (excludes halogenated alkanes) is 1. The first-order valence-corrected chi connectivity index (χ1v) is 4.85. The molecule has 1 rings (SSSR count). The minimum atomic E-state index is 0.308. The lowest BCUT2D eigenvalue weighted by Gasteiger charge is -2.12. The van der Waals surface area contributed by atoms with E-state index in [-0.39, 0.29) is 0 Å². The molecule has 1 heterocycles. The highest BCUT2D eigenvalue weighted by atomic mass is 14.9. The van der Waals surface area contributed by atoms with Gasteiger partial charge in [0.1, 0.15) is 0 Å². The molecule has 0 aliphatic carbocycles. The molecule has 74 valence electrons. The summed E-state index contributed by atoms with van der Waals surface area (Å²) in [5, 5.41) is 11.7. The third kappa shape index (κ3) is 3.55. The van der Waals surface area contributed by atoms with Gasteiger partial charge in [0, 0.05) is 24.9 Å². The van der Waals surface area contributed by atoms with Crippen LogP contribution in [-0.4, -0.2) is 11.5 Å². The van der Waals surface area contributed by atoms with E-state index in [1.165, 1.54) is 5.56 Å². The standard InChI is InChI=1S/C11H15N3/c1-10(14-8-3-2-6-12)11-5-4-7-13-9-11/h4-5,7,9-10,14H,2-3,8H2,1H3/t10-/m0/s1. The molecule has 0 amide bonds. The fourth-order valence-electron chi connectivity index (χ4n) is 1.24. The number of rotatable bonds is 5. The van der Waals surface area contributed by atoms with E-state index < -0.39 is 0 Å². The summed E-state index contributed by atoms with van der Waals surface area (Å²) in [5.74, 6) is 0. The SMILES string of the molecule is C[C@H](NCCCC#N)c1cccnc1. The smallest absolute Gasteiger partial charge is 0.0622 e. The lowest BCUT2D eigenvalue weighted by atomic mass is 10.1. The fourth-order valence-corrected chi connectivity index (χ4v) is 1.24. The van der Waals surface area contributed by atoms with E-state index in [4.69, 9.17) is 5.26 Å². The van der Waals surface area contributed by atoms with Crippen molar-refractivity contribution in [1.29, 1.82) is 5.26 Å². The Balaban J connectivity index is 2.29. The van der Waals surface area contributed by atoms with Crippen molar-refractivity contribution < 1.29 is 0 Å². The van der Waals surface area contributed by atoms with E-state index in [1.807, 2.05) is 12.3 Å². The van der Waals surface area contributed by atoms with Crippen molar-refractivity contribution in [3.05, 3.63) is 30.1 Å². The molecule has 0 aromatic carbocycles. The van der Waals surface area contributed by atoms with Gasteiger partial charge < -0.3 is 5.32 Å². The third-order valence-electron chi connectivity index (χ3n) is 2.10. The summed E-state index contributed by atoms with van der Waals surface area (Å²) in [7, 11) is 0. The molecule has 0 saturated heterocycles. The number of aromatic nitrogens is 1. The number of nitriles is 1. The number of nitrogens with zero attached hydrogens (tertiary/aromatic N) is 2. The second-order valence-corrected chi connectivity index (χ2v) is 3.22. The Morgan fingerprint density at radius 1 is 1.64 bits per heavy atom. The van der Waals surface area contributed by atoms with Gasteiger partial charge in [0.05, 0.1) is 6.07 Å². The molecule has 14 heavy (non-hydrogen) atoms. The zero-order chi connectivity index (χ0) is 10.2. The van der Waals surface area contributed by atoms with Crippen LogP contribution in [0.4, 0.5) is 0 Å². The van der Waals surface area contributed by atoms with E-state index in [0.717, 1.165) is 13.0 Å². The van der Waals surface area contributed by atoms with Gasteiger partial charge in [-0.05, 0) is 31.5 Å². The molecule has 1 N–H and O–H groups in total. The number of nitrogens with one attached hydrogen (secondary N) is 1. The quantitative estimate of drug-likeness (QED) is 0.721. The second-order valence-electron chi connectivity index (χ2n) is 3.22. The maximum Gasteiger partial charge on any atom is 0.0622 e. The molecular formula is C11H15N3. The van der Waals surface area contributed by atoms with E-state index in [2.05, 4.69) is 29.4 Å². The van der Waals surface area contributed by atoms with Crippen molar-refractivity contribution in [1.82, 2.24) is 10.3 Å². The Hall–Kier alpha value is -1.40. The highest BCUT2D eigenvalue weighted by molar-refractivity contribution is 5.12. The minimum Gasteiger partial charge on any atom is -0.310 e. The topological polar surface area (TPSA) is 48.7 Å². The van der Waals surface area contributed by atoms with Gasteiger partial charge in [0.15, 0.2) is 0 Å². The van der Waals surface area contributed by atoms with Gasteiger partial charge >= 0.3 is 0 Å². The average Bonchev–Trinajstić information content (AvgIpc) is 2.25. The van der Waals surface area contributed by atoms with Crippen molar-refractivity contribution in [3.63, 3.8) is 0 Å². The Morgan fingerprint density at radius 2 is 2.50 bits per heavy atom. The van der Waals surface area contributed by atoms with Gasteiger partial charge in [0.25, 0.3) is 0 Å². The first-order chi connectivity index (χ1) is 6.84. The van der Waals surface area contributed by atoms with E-state index >= 15 is 0 Å². The van der Waals surface area contributed by atoms with Crippen molar-refractivity contribution in [2.75, 3.05) is 6.54 Å². The Labute approximate surface area is 84.8 Å². The molecule has 1 aromatic rings. The summed E-state index contributed by atoms with van der Waals surface area (Å²) >= 11 is 0. The Bertz CT molecular complexity index is 289. The van der Waals surface area contributed by atoms with Crippen molar-refractivity contribution in [3.8, 4) is 6.07 Å². The summed E-state index contributed by atoms with van der Waals surface area (Å²) in [6.07, 6.45) is 5.15. The van der Waals surface area contributed by atoms with Crippen LogP contribution in [0.5, 0.6) is 0 Å². The van der Waals surface area contributed by atoms with Gasteiger partial charge in [-0.1, -0.05) is 6.07 Å². The summed E-state index contributed by atoms with van der Waals surface area (Å²) < 4.78 is 0.